The Hall–Kier alpha value is -1.59. The molecule has 2 rings (SSSR count). The summed E-state index contributed by atoms with van der Waals surface area (Å²) in [6.07, 6.45) is 6.56. The third-order valence-corrected chi connectivity index (χ3v) is 3.07. The van der Waals surface area contributed by atoms with Crippen LogP contribution < -0.4 is 5.32 Å². The predicted octanol–water partition coefficient (Wildman–Crippen LogP) is 1.64. The smallest absolute Gasteiger partial charge is 0.133 e. The standard InChI is InChI=1S/C14H22N4O/c1-17(2)9-5-7-15-13(12-6-4-11-19-12)14-16-8-10-18(14)3/h4,6,8,10-11,13,15H,5,7,9H2,1-3H3. The minimum atomic E-state index is 0.0113. The number of hydrogen-bond donors (Lipinski definition) is 1. The maximum absolute atomic E-state index is 5.53. The van der Waals surface area contributed by atoms with Crippen molar-refractivity contribution in [2.24, 2.45) is 7.05 Å². The first-order valence-corrected chi connectivity index (χ1v) is 6.57. The van der Waals surface area contributed by atoms with Crippen molar-refractivity contribution in [3.05, 3.63) is 42.4 Å². The first kappa shape index (κ1) is 13.8. The molecule has 0 aromatic carbocycles. The molecule has 0 aliphatic heterocycles. The summed E-state index contributed by atoms with van der Waals surface area (Å²) in [6.45, 7) is 1.99. The fourth-order valence-electron chi connectivity index (χ4n) is 2.07. The summed E-state index contributed by atoms with van der Waals surface area (Å²) in [5.41, 5.74) is 0. The van der Waals surface area contributed by atoms with Crippen LogP contribution in [0, 0.1) is 0 Å². The van der Waals surface area contributed by atoms with Crippen LogP contribution in [-0.4, -0.2) is 41.6 Å². The first-order chi connectivity index (χ1) is 9.18. The molecule has 1 atom stereocenters. The van der Waals surface area contributed by atoms with Gasteiger partial charge < -0.3 is 19.2 Å². The van der Waals surface area contributed by atoms with Gasteiger partial charge >= 0.3 is 0 Å². The molecular formula is C14H22N4O. The summed E-state index contributed by atoms with van der Waals surface area (Å²) >= 11 is 0. The van der Waals surface area contributed by atoms with Crippen molar-refractivity contribution < 1.29 is 4.42 Å². The molecule has 0 radical (unpaired) electrons. The minimum Gasteiger partial charge on any atom is -0.467 e. The fourth-order valence-corrected chi connectivity index (χ4v) is 2.07. The Bertz CT molecular complexity index is 475. The quantitative estimate of drug-likeness (QED) is 0.771. The summed E-state index contributed by atoms with van der Waals surface area (Å²) in [5, 5.41) is 3.52. The van der Waals surface area contributed by atoms with E-state index in [1.165, 1.54) is 0 Å². The Morgan fingerprint density at radius 1 is 1.47 bits per heavy atom. The third kappa shape index (κ3) is 3.68. The second-order valence-corrected chi connectivity index (χ2v) is 4.96. The van der Waals surface area contributed by atoms with Crippen LogP contribution in [0.3, 0.4) is 0 Å². The number of furan rings is 1. The number of imidazole rings is 1. The van der Waals surface area contributed by atoms with Crippen molar-refractivity contribution >= 4 is 0 Å². The summed E-state index contributed by atoms with van der Waals surface area (Å²) in [6, 6.07) is 3.91. The Labute approximate surface area is 114 Å². The van der Waals surface area contributed by atoms with E-state index < -0.39 is 0 Å². The van der Waals surface area contributed by atoms with Gasteiger partial charge in [-0.25, -0.2) is 4.98 Å². The fraction of sp³-hybridized carbons (Fsp3) is 0.500. The van der Waals surface area contributed by atoms with Crippen LogP contribution in [0.1, 0.15) is 24.0 Å². The average molecular weight is 262 g/mol. The molecule has 19 heavy (non-hydrogen) atoms. The molecular weight excluding hydrogens is 240 g/mol. The highest BCUT2D eigenvalue weighted by atomic mass is 16.3. The predicted molar refractivity (Wildman–Crippen MR) is 74.9 cm³/mol. The van der Waals surface area contributed by atoms with Crippen LogP contribution in [0.4, 0.5) is 0 Å². The zero-order valence-electron chi connectivity index (χ0n) is 11.8. The molecule has 0 spiro atoms. The number of nitrogens with one attached hydrogen (secondary N) is 1. The molecule has 2 aromatic heterocycles. The van der Waals surface area contributed by atoms with E-state index in [-0.39, 0.29) is 6.04 Å². The van der Waals surface area contributed by atoms with E-state index in [4.69, 9.17) is 4.42 Å². The van der Waals surface area contributed by atoms with Crippen LogP contribution in [0.25, 0.3) is 0 Å². The highest BCUT2D eigenvalue weighted by molar-refractivity contribution is 5.15. The summed E-state index contributed by atoms with van der Waals surface area (Å²) in [5.74, 6) is 1.87. The van der Waals surface area contributed by atoms with Crippen LogP contribution in [0.2, 0.25) is 0 Å². The van der Waals surface area contributed by atoms with Gasteiger partial charge in [0, 0.05) is 19.4 Å². The number of rotatable bonds is 7. The lowest BCUT2D eigenvalue weighted by molar-refractivity contribution is 0.378. The average Bonchev–Trinajstić information content (AvgIpc) is 3.01. The second kappa shape index (κ2) is 6.54. The topological polar surface area (TPSA) is 46.2 Å². The van der Waals surface area contributed by atoms with Gasteiger partial charge in [0.15, 0.2) is 0 Å². The normalized spacial score (nSPS) is 13.1. The van der Waals surface area contributed by atoms with Crippen molar-refractivity contribution in [3.63, 3.8) is 0 Å². The molecule has 5 heteroatoms. The van der Waals surface area contributed by atoms with Crippen molar-refractivity contribution in [1.29, 1.82) is 0 Å². The van der Waals surface area contributed by atoms with E-state index in [1.807, 2.05) is 36.1 Å². The van der Waals surface area contributed by atoms with E-state index in [0.717, 1.165) is 31.1 Å². The van der Waals surface area contributed by atoms with Crippen molar-refractivity contribution in [3.8, 4) is 0 Å². The van der Waals surface area contributed by atoms with Gasteiger partial charge in [0.1, 0.15) is 17.6 Å². The number of hydrogen-bond acceptors (Lipinski definition) is 4. The van der Waals surface area contributed by atoms with Gasteiger partial charge in [0.05, 0.1) is 6.26 Å². The lowest BCUT2D eigenvalue weighted by Gasteiger charge is -2.17. The molecule has 5 nitrogen and oxygen atoms in total. The molecule has 0 saturated carbocycles. The van der Waals surface area contributed by atoms with E-state index in [0.29, 0.717) is 0 Å². The van der Waals surface area contributed by atoms with Gasteiger partial charge in [-0.05, 0) is 45.7 Å². The molecule has 0 saturated heterocycles. The summed E-state index contributed by atoms with van der Waals surface area (Å²) < 4.78 is 7.55. The van der Waals surface area contributed by atoms with E-state index in [9.17, 15) is 0 Å². The third-order valence-electron chi connectivity index (χ3n) is 3.07. The van der Waals surface area contributed by atoms with Crippen molar-refractivity contribution in [1.82, 2.24) is 19.8 Å². The Balaban J connectivity index is 2.02. The molecule has 104 valence electrons. The van der Waals surface area contributed by atoms with Crippen LogP contribution in [-0.2, 0) is 7.05 Å². The molecule has 1 unspecified atom stereocenters. The van der Waals surface area contributed by atoms with Gasteiger partial charge in [0.25, 0.3) is 0 Å². The van der Waals surface area contributed by atoms with Gasteiger partial charge in [-0.15, -0.1) is 0 Å². The van der Waals surface area contributed by atoms with Crippen LogP contribution in [0.15, 0.2) is 35.2 Å². The number of aromatic nitrogens is 2. The van der Waals surface area contributed by atoms with Gasteiger partial charge in [0.2, 0.25) is 0 Å². The Kier molecular flexibility index (Phi) is 4.76. The molecule has 0 aliphatic carbocycles. The van der Waals surface area contributed by atoms with Crippen LogP contribution in [0.5, 0.6) is 0 Å². The lowest BCUT2D eigenvalue weighted by atomic mass is 10.2. The largest absolute Gasteiger partial charge is 0.467 e. The number of nitrogens with zero attached hydrogens (tertiary/aromatic N) is 3. The molecule has 0 amide bonds. The van der Waals surface area contributed by atoms with Gasteiger partial charge in [-0.3, -0.25) is 0 Å². The van der Waals surface area contributed by atoms with E-state index in [1.54, 1.807) is 6.26 Å². The SMILES string of the molecule is CN(C)CCCNC(c1ccco1)c1nccn1C. The maximum Gasteiger partial charge on any atom is 0.133 e. The maximum atomic E-state index is 5.53. The van der Waals surface area contributed by atoms with E-state index >= 15 is 0 Å². The highest BCUT2D eigenvalue weighted by Crippen LogP contribution is 2.20. The molecule has 0 bridgehead atoms. The van der Waals surface area contributed by atoms with Gasteiger partial charge in [-0.1, -0.05) is 0 Å². The summed E-state index contributed by atoms with van der Waals surface area (Å²) in [4.78, 5) is 6.60. The minimum absolute atomic E-state index is 0.0113. The van der Waals surface area contributed by atoms with Crippen LogP contribution >= 0.6 is 0 Å². The molecule has 1 N–H and O–H groups in total. The molecule has 0 fully saturated rings. The zero-order chi connectivity index (χ0) is 13.7. The molecule has 2 heterocycles. The van der Waals surface area contributed by atoms with Gasteiger partial charge in [-0.2, -0.15) is 0 Å². The lowest BCUT2D eigenvalue weighted by Crippen LogP contribution is -2.27. The zero-order valence-corrected chi connectivity index (χ0v) is 11.8. The van der Waals surface area contributed by atoms with Crippen molar-refractivity contribution in [2.75, 3.05) is 27.2 Å². The highest BCUT2D eigenvalue weighted by Gasteiger charge is 2.19. The molecule has 0 aliphatic rings. The Morgan fingerprint density at radius 3 is 2.89 bits per heavy atom. The first-order valence-electron chi connectivity index (χ1n) is 6.57. The monoisotopic (exact) mass is 262 g/mol. The second-order valence-electron chi connectivity index (χ2n) is 4.96. The summed E-state index contributed by atoms with van der Waals surface area (Å²) in [7, 11) is 6.17. The molecule has 2 aromatic rings. The van der Waals surface area contributed by atoms with Crippen molar-refractivity contribution in [2.45, 2.75) is 12.5 Å². The number of aryl methyl sites for hydroxylation is 1. The van der Waals surface area contributed by atoms with E-state index in [2.05, 4.69) is 29.3 Å². The Morgan fingerprint density at radius 2 is 2.32 bits per heavy atom.